The summed E-state index contributed by atoms with van der Waals surface area (Å²) in [6, 6.07) is 11.6. The Hall–Kier alpha value is -2.85. The number of aromatic nitrogens is 1. The van der Waals surface area contributed by atoms with Crippen LogP contribution in [0.2, 0.25) is 0 Å². The molecule has 1 aliphatic heterocycles. The number of aromatic amines is 1. The number of pyridine rings is 1. The van der Waals surface area contributed by atoms with Crippen molar-refractivity contribution in [2.45, 2.75) is 38.3 Å². The molecule has 0 amide bonds. The van der Waals surface area contributed by atoms with Gasteiger partial charge in [0.15, 0.2) is 5.78 Å². The molecule has 2 heterocycles. The monoisotopic (exact) mass is 484 g/mol. The van der Waals surface area contributed by atoms with E-state index in [1.807, 2.05) is 26.0 Å². The molecule has 1 N–H and O–H groups in total. The van der Waals surface area contributed by atoms with Crippen LogP contribution in [-0.4, -0.2) is 56.0 Å². The molecule has 4 rings (SSSR count). The summed E-state index contributed by atoms with van der Waals surface area (Å²) < 4.78 is 39.7. The molecule has 1 atom stereocenters. The number of ether oxygens (including phenoxy) is 2. The molecule has 0 bridgehead atoms. The molecular weight excluding hydrogens is 456 g/mol. The van der Waals surface area contributed by atoms with Crippen LogP contribution in [0.25, 0.3) is 10.9 Å². The molecule has 3 aromatic rings. The third-order valence-corrected chi connectivity index (χ3v) is 7.71. The van der Waals surface area contributed by atoms with E-state index in [9.17, 15) is 18.0 Å². The van der Waals surface area contributed by atoms with Gasteiger partial charge in [-0.2, -0.15) is 4.31 Å². The van der Waals surface area contributed by atoms with Crippen LogP contribution < -0.4 is 5.56 Å². The van der Waals surface area contributed by atoms with Crippen LogP contribution in [0.3, 0.4) is 0 Å². The van der Waals surface area contributed by atoms with Gasteiger partial charge in [-0.05, 0) is 56.2 Å². The van der Waals surface area contributed by atoms with Gasteiger partial charge in [0.25, 0.3) is 5.56 Å². The van der Waals surface area contributed by atoms with Crippen LogP contribution in [-0.2, 0) is 26.0 Å². The van der Waals surface area contributed by atoms with Crippen molar-refractivity contribution >= 4 is 26.7 Å². The van der Waals surface area contributed by atoms with Crippen molar-refractivity contribution in [2.24, 2.45) is 0 Å². The second-order valence-corrected chi connectivity index (χ2v) is 10.6. The number of nitrogens with zero attached hydrogens (tertiary/aromatic N) is 1. The number of ketones is 1. The zero-order valence-corrected chi connectivity index (χ0v) is 20.3. The van der Waals surface area contributed by atoms with Gasteiger partial charge in [-0.1, -0.05) is 18.2 Å². The van der Waals surface area contributed by atoms with Crippen molar-refractivity contribution in [2.75, 3.05) is 26.4 Å². The van der Waals surface area contributed by atoms with Crippen LogP contribution in [0, 0.1) is 13.8 Å². The molecule has 1 fully saturated rings. The number of fused-ring (bicyclic) bond motifs is 1. The zero-order valence-electron chi connectivity index (χ0n) is 19.5. The van der Waals surface area contributed by atoms with Crippen molar-refractivity contribution in [1.82, 2.24) is 9.29 Å². The topological polar surface area (TPSA) is 106 Å². The van der Waals surface area contributed by atoms with Crippen molar-refractivity contribution in [3.05, 3.63) is 75.1 Å². The number of benzene rings is 2. The molecular formula is C25H28N2O6S. The van der Waals surface area contributed by atoms with E-state index in [1.165, 1.54) is 29.4 Å². The number of H-pyrrole nitrogens is 1. The van der Waals surface area contributed by atoms with Gasteiger partial charge in [-0.25, -0.2) is 8.42 Å². The maximum atomic E-state index is 13.7. The number of sulfonamides is 1. The molecule has 1 aromatic heterocycles. The summed E-state index contributed by atoms with van der Waals surface area (Å²) in [7, 11) is -4.05. The summed E-state index contributed by atoms with van der Waals surface area (Å²) in [6.07, 6.45) is -0.469. The Labute approximate surface area is 198 Å². The number of carbonyl (C=O) groups is 1. The third kappa shape index (κ3) is 5.12. The van der Waals surface area contributed by atoms with Gasteiger partial charge in [0.05, 0.1) is 30.8 Å². The minimum atomic E-state index is -4.05. The largest absolute Gasteiger partial charge is 0.376 e. The van der Waals surface area contributed by atoms with Crippen LogP contribution in [0.15, 0.2) is 52.2 Å². The number of rotatable bonds is 7. The molecule has 0 unspecified atom stereocenters. The van der Waals surface area contributed by atoms with E-state index in [-0.39, 0.29) is 35.9 Å². The SMILES string of the molecule is CC(=O)c1cccc(S(=O)(=O)N(Cc2cc3c(C)cc(C)cc3[nH]c2=O)C[C@@H]2COCCO2)c1. The highest BCUT2D eigenvalue weighted by Gasteiger charge is 2.30. The predicted molar refractivity (Wildman–Crippen MR) is 129 cm³/mol. The molecule has 0 spiro atoms. The molecule has 0 saturated carbocycles. The van der Waals surface area contributed by atoms with Crippen molar-refractivity contribution in [1.29, 1.82) is 0 Å². The number of hydrogen-bond donors (Lipinski definition) is 1. The summed E-state index contributed by atoms with van der Waals surface area (Å²) in [5.74, 6) is -0.232. The van der Waals surface area contributed by atoms with Gasteiger partial charge >= 0.3 is 0 Å². The summed E-state index contributed by atoms with van der Waals surface area (Å²) in [5.41, 5.74) is 2.99. The van der Waals surface area contributed by atoms with E-state index in [2.05, 4.69) is 4.98 Å². The van der Waals surface area contributed by atoms with Crippen molar-refractivity contribution in [3.63, 3.8) is 0 Å². The van der Waals surface area contributed by atoms with Crippen LogP contribution in [0.1, 0.15) is 34.0 Å². The summed E-state index contributed by atoms with van der Waals surface area (Å²) in [4.78, 5) is 27.6. The third-order valence-electron chi connectivity index (χ3n) is 5.91. The van der Waals surface area contributed by atoms with Gasteiger partial charge in [-0.3, -0.25) is 9.59 Å². The number of nitrogens with one attached hydrogen (secondary N) is 1. The summed E-state index contributed by atoms with van der Waals surface area (Å²) in [6.45, 7) is 6.23. The first kappa shape index (κ1) is 24.3. The fraction of sp³-hybridized carbons (Fsp3) is 0.360. The average molecular weight is 485 g/mol. The first-order valence-corrected chi connectivity index (χ1v) is 12.5. The Morgan fingerprint density at radius 2 is 1.94 bits per heavy atom. The summed E-state index contributed by atoms with van der Waals surface area (Å²) >= 11 is 0. The normalized spacial score (nSPS) is 16.8. The fourth-order valence-corrected chi connectivity index (χ4v) is 5.66. The van der Waals surface area contributed by atoms with Crippen molar-refractivity contribution in [3.8, 4) is 0 Å². The van der Waals surface area contributed by atoms with E-state index >= 15 is 0 Å². The second kappa shape index (κ2) is 9.79. The molecule has 0 radical (unpaired) electrons. The molecule has 34 heavy (non-hydrogen) atoms. The highest BCUT2D eigenvalue weighted by atomic mass is 32.2. The first-order chi connectivity index (χ1) is 16.1. The average Bonchev–Trinajstić information content (AvgIpc) is 2.80. The van der Waals surface area contributed by atoms with Gasteiger partial charge in [0.2, 0.25) is 10.0 Å². The quantitative estimate of drug-likeness (QED) is 0.517. The van der Waals surface area contributed by atoms with Gasteiger partial charge < -0.3 is 14.5 Å². The lowest BCUT2D eigenvalue weighted by Crippen LogP contribution is -2.43. The minimum Gasteiger partial charge on any atom is -0.376 e. The number of Topliss-reactive ketones (excluding diaryl/α,β-unsaturated/α-hetero) is 1. The van der Waals surface area contributed by atoms with E-state index in [0.29, 0.717) is 29.9 Å². The lowest BCUT2D eigenvalue weighted by Gasteiger charge is -2.29. The highest BCUT2D eigenvalue weighted by molar-refractivity contribution is 7.89. The Balaban J connectivity index is 1.76. The molecule has 0 aliphatic carbocycles. The Morgan fingerprint density at radius 3 is 2.65 bits per heavy atom. The van der Waals surface area contributed by atoms with Crippen LogP contribution in [0.5, 0.6) is 0 Å². The van der Waals surface area contributed by atoms with E-state index < -0.39 is 16.1 Å². The smallest absolute Gasteiger partial charge is 0.252 e. The fourth-order valence-electron chi connectivity index (χ4n) is 4.16. The molecule has 1 saturated heterocycles. The Morgan fingerprint density at radius 1 is 1.15 bits per heavy atom. The van der Waals surface area contributed by atoms with E-state index in [0.717, 1.165) is 16.5 Å². The molecule has 1 aliphatic rings. The predicted octanol–water partition coefficient (Wildman–Crippen LogP) is 2.95. The first-order valence-electron chi connectivity index (χ1n) is 11.1. The Kier molecular flexibility index (Phi) is 6.99. The molecule has 180 valence electrons. The van der Waals surface area contributed by atoms with Gasteiger partial charge in [-0.15, -0.1) is 0 Å². The second-order valence-electron chi connectivity index (χ2n) is 8.62. The number of aryl methyl sites for hydroxylation is 2. The maximum Gasteiger partial charge on any atom is 0.252 e. The van der Waals surface area contributed by atoms with E-state index in [1.54, 1.807) is 12.1 Å². The van der Waals surface area contributed by atoms with E-state index in [4.69, 9.17) is 9.47 Å². The zero-order chi connectivity index (χ0) is 24.5. The van der Waals surface area contributed by atoms with Crippen molar-refractivity contribution < 1.29 is 22.7 Å². The van der Waals surface area contributed by atoms with Crippen LogP contribution >= 0.6 is 0 Å². The lowest BCUT2D eigenvalue weighted by molar-refractivity contribution is -0.0923. The molecule has 8 nitrogen and oxygen atoms in total. The minimum absolute atomic E-state index is 0.0109. The number of hydrogen-bond acceptors (Lipinski definition) is 6. The Bertz CT molecular complexity index is 1390. The standard InChI is InChI=1S/C25H28N2O6S/c1-16-9-17(2)23-12-20(25(29)26-24(23)10-16)13-27(14-21-15-32-7-8-33-21)34(30,31)22-6-4-5-19(11-22)18(3)28/h4-6,9-12,21H,7-8,13-15H2,1-3H3,(H,26,29)/t21-/m1/s1. The highest BCUT2D eigenvalue weighted by Crippen LogP contribution is 2.23. The number of carbonyl (C=O) groups excluding carboxylic acids is 1. The molecule has 2 aromatic carbocycles. The van der Waals surface area contributed by atoms with Crippen LogP contribution in [0.4, 0.5) is 0 Å². The van der Waals surface area contributed by atoms with Gasteiger partial charge in [0.1, 0.15) is 0 Å². The lowest BCUT2D eigenvalue weighted by atomic mass is 10.0. The maximum absolute atomic E-state index is 13.7. The summed E-state index contributed by atoms with van der Waals surface area (Å²) in [5, 5.41) is 0.855. The molecule has 9 heteroatoms. The van der Waals surface area contributed by atoms with Gasteiger partial charge in [0, 0.05) is 35.1 Å².